The molecule has 2 aromatic carbocycles. The zero-order chi connectivity index (χ0) is 17.3. The molecule has 3 rings (SSSR count). The van der Waals surface area contributed by atoms with Gasteiger partial charge in [-0.15, -0.1) is 0 Å². The van der Waals surface area contributed by atoms with Gasteiger partial charge in [-0.2, -0.15) is 4.31 Å². The van der Waals surface area contributed by atoms with E-state index < -0.39 is 10.0 Å². The Balaban J connectivity index is 1.93. The largest absolute Gasteiger partial charge is 0.493 e. The van der Waals surface area contributed by atoms with E-state index in [0.29, 0.717) is 35.9 Å². The highest BCUT2D eigenvalue weighted by Crippen LogP contribution is 2.34. The Bertz CT molecular complexity index is 850. The van der Waals surface area contributed by atoms with Crippen LogP contribution < -0.4 is 9.47 Å². The van der Waals surface area contributed by atoms with Gasteiger partial charge in [-0.1, -0.05) is 15.9 Å². The molecule has 0 saturated carbocycles. The molecule has 0 unspecified atom stereocenters. The minimum absolute atomic E-state index is 0.301. The van der Waals surface area contributed by atoms with E-state index in [-0.39, 0.29) is 0 Å². The van der Waals surface area contributed by atoms with E-state index in [1.54, 1.807) is 38.5 Å². The van der Waals surface area contributed by atoms with E-state index in [4.69, 9.17) is 9.47 Å². The number of hydrogen-bond donors (Lipinski definition) is 0. The quantitative estimate of drug-likeness (QED) is 0.774. The first-order valence-corrected chi connectivity index (χ1v) is 9.68. The third-order valence-corrected chi connectivity index (χ3v) is 6.52. The fourth-order valence-corrected chi connectivity index (χ4v) is 4.50. The van der Waals surface area contributed by atoms with Crippen molar-refractivity contribution in [3.63, 3.8) is 0 Å². The van der Waals surface area contributed by atoms with Crippen molar-refractivity contribution in [1.29, 1.82) is 0 Å². The Morgan fingerprint density at radius 3 is 2.17 bits per heavy atom. The number of nitrogens with zero attached hydrogens (tertiary/aromatic N) is 1. The topological polar surface area (TPSA) is 55.8 Å². The van der Waals surface area contributed by atoms with Crippen molar-refractivity contribution in [2.24, 2.45) is 0 Å². The first kappa shape index (κ1) is 17.3. The van der Waals surface area contributed by atoms with Crippen molar-refractivity contribution < 1.29 is 17.9 Å². The summed E-state index contributed by atoms with van der Waals surface area (Å²) >= 11 is 3.32. The molecular weight excluding hydrogens is 394 g/mol. The van der Waals surface area contributed by atoms with E-state index in [9.17, 15) is 8.42 Å². The van der Waals surface area contributed by atoms with Gasteiger partial charge in [-0.3, -0.25) is 0 Å². The monoisotopic (exact) mass is 411 g/mol. The predicted molar refractivity (Wildman–Crippen MR) is 95.0 cm³/mol. The average Bonchev–Trinajstić information content (AvgIpc) is 2.60. The fourth-order valence-electron chi connectivity index (χ4n) is 2.82. The van der Waals surface area contributed by atoms with E-state index >= 15 is 0 Å². The molecule has 7 heteroatoms. The van der Waals surface area contributed by atoms with Crippen LogP contribution in [0.15, 0.2) is 45.8 Å². The normalized spacial score (nSPS) is 15.0. The number of fused-ring (bicyclic) bond motifs is 1. The minimum atomic E-state index is -3.52. The third-order valence-electron chi connectivity index (χ3n) is 4.13. The molecular formula is C17H18BrNO4S. The van der Waals surface area contributed by atoms with Gasteiger partial charge >= 0.3 is 0 Å². The van der Waals surface area contributed by atoms with Crippen molar-refractivity contribution >= 4 is 26.0 Å². The molecule has 0 N–H and O–H groups in total. The summed E-state index contributed by atoms with van der Waals surface area (Å²) in [5.41, 5.74) is 2.04. The lowest BCUT2D eigenvalue weighted by atomic mass is 10.0. The third kappa shape index (κ3) is 3.16. The number of sulfonamides is 1. The number of ether oxygens (including phenoxy) is 2. The lowest BCUT2D eigenvalue weighted by Crippen LogP contribution is -2.36. The molecule has 1 aliphatic rings. The first-order valence-electron chi connectivity index (χ1n) is 7.45. The van der Waals surface area contributed by atoms with Gasteiger partial charge in [0.25, 0.3) is 0 Å². The smallest absolute Gasteiger partial charge is 0.243 e. The first-order chi connectivity index (χ1) is 11.5. The number of halogens is 1. The molecule has 1 heterocycles. The standard InChI is InChI=1S/C17H18BrNO4S/c1-22-16-9-12-7-8-19(11-13(12)10-17(16)23-2)24(20,21)15-5-3-14(18)4-6-15/h3-6,9-10H,7-8,11H2,1-2H3. The highest BCUT2D eigenvalue weighted by atomic mass is 79.9. The van der Waals surface area contributed by atoms with Gasteiger partial charge in [0.15, 0.2) is 11.5 Å². The SMILES string of the molecule is COc1cc2c(cc1OC)CN(S(=O)(=O)c1ccc(Br)cc1)CC2. The summed E-state index contributed by atoms with van der Waals surface area (Å²) in [4.78, 5) is 0.301. The zero-order valence-corrected chi connectivity index (χ0v) is 15.9. The molecule has 0 aliphatic carbocycles. The zero-order valence-electron chi connectivity index (χ0n) is 13.5. The molecule has 0 saturated heterocycles. The highest BCUT2D eigenvalue weighted by molar-refractivity contribution is 9.10. The average molecular weight is 412 g/mol. The van der Waals surface area contributed by atoms with Crippen molar-refractivity contribution in [2.45, 2.75) is 17.9 Å². The van der Waals surface area contributed by atoms with Crippen LogP contribution in [0.3, 0.4) is 0 Å². The number of benzene rings is 2. The minimum Gasteiger partial charge on any atom is -0.493 e. The Morgan fingerprint density at radius 1 is 1.00 bits per heavy atom. The highest BCUT2D eigenvalue weighted by Gasteiger charge is 2.29. The van der Waals surface area contributed by atoms with Crippen LogP contribution in [0.2, 0.25) is 0 Å². The van der Waals surface area contributed by atoms with Crippen molar-refractivity contribution in [1.82, 2.24) is 4.31 Å². The van der Waals surface area contributed by atoms with Gasteiger partial charge < -0.3 is 9.47 Å². The molecule has 0 fully saturated rings. The van der Waals surface area contributed by atoms with Crippen LogP contribution in [-0.2, 0) is 23.0 Å². The summed E-state index contributed by atoms with van der Waals surface area (Å²) in [5, 5.41) is 0. The molecule has 0 amide bonds. The second-order valence-corrected chi connectivity index (χ2v) is 8.37. The maximum absolute atomic E-state index is 12.8. The summed E-state index contributed by atoms with van der Waals surface area (Å²) in [7, 11) is -0.349. The van der Waals surface area contributed by atoms with Gasteiger partial charge in [-0.25, -0.2) is 8.42 Å². The predicted octanol–water partition coefficient (Wildman–Crippen LogP) is 3.21. The molecule has 0 spiro atoms. The van der Waals surface area contributed by atoms with E-state index in [1.807, 2.05) is 12.1 Å². The molecule has 5 nitrogen and oxygen atoms in total. The van der Waals surface area contributed by atoms with E-state index in [0.717, 1.165) is 15.6 Å². The number of methoxy groups -OCH3 is 2. The van der Waals surface area contributed by atoms with E-state index in [1.165, 1.54) is 4.31 Å². The maximum atomic E-state index is 12.8. The summed E-state index contributed by atoms with van der Waals surface area (Å²) < 4.78 is 38.7. The second kappa shape index (κ2) is 6.74. The maximum Gasteiger partial charge on any atom is 0.243 e. The van der Waals surface area contributed by atoms with Crippen LogP contribution in [0.4, 0.5) is 0 Å². The molecule has 1 aliphatic heterocycles. The molecule has 0 bridgehead atoms. The molecule has 24 heavy (non-hydrogen) atoms. The lowest BCUT2D eigenvalue weighted by Gasteiger charge is -2.29. The van der Waals surface area contributed by atoms with Crippen molar-refractivity contribution in [2.75, 3.05) is 20.8 Å². The van der Waals surface area contributed by atoms with Crippen molar-refractivity contribution in [3.8, 4) is 11.5 Å². The number of hydrogen-bond acceptors (Lipinski definition) is 4. The Kier molecular flexibility index (Phi) is 4.85. The fraction of sp³-hybridized carbons (Fsp3) is 0.294. The van der Waals surface area contributed by atoms with E-state index in [2.05, 4.69) is 15.9 Å². The summed E-state index contributed by atoms with van der Waals surface area (Å²) in [6, 6.07) is 10.5. The Hall–Kier alpha value is -1.57. The summed E-state index contributed by atoms with van der Waals surface area (Å²) in [6.07, 6.45) is 0.644. The Morgan fingerprint density at radius 2 is 1.58 bits per heavy atom. The molecule has 0 radical (unpaired) electrons. The van der Waals surface area contributed by atoms with Crippen LogP contribution in [0.5, 0.6) is 11.5 Å². The van der Waals surface area contributed by atoms with Crippen LogP contribution in [0.1, 0.15) is 11.1 Å². The lowest BCUT2D eigenvalue weighted by molar-refractivity contribution is 0.348. The van der Waals surface area contributed by atoms with Gasteiger partial charge in [-0.05, 0) is 53.9 Å². The van der Waals surface area contributed by atoms with Crippen LogP contribution in [-0.4, -0.2) is 33.5 Å². The van der Waals surface area contributed by atoms with Gasteiger partial charge in [0.05, 0.1) is 19.1 Å². The number of rotatable bonds is 4. The molecule has 0 atom stereocenters. The van der Waals surface area contributed by atoms with Gasteiger partial charge in [0.1, 0.15) is 0 Å². The van der Waals surface area contributed by atoms with Crippen LogP contribution >= 0.6 is 15.9 Å². The van der Waals surface area contributed by atoms with Crippen LogP contribution in [0, 0.1) is 0 Å². The Labute approximate surface area is 150 Å². The second-order valence-electron chi connectivity index (χ2n) is 5.52. The van der Waals surface area contributed by atoms with Crippen molar-refractivity contribution in [3.05, 3.63) is 52.0 Å². The molecule has 0 aromatic heterocycles. The summed E-state index contributed by atoms with van der Waals surface area (Å²) in [5.74, 6) is 1.28. The molecule has 128 valence electrons. The van der Waals surface area contributed by atoms with Gasteiger partial charge in [0, 0.05) is 17.6 Å². The van der Waals surface area contributed by atoms with Crippen LogP contribution in [0.25, 0.3) is 0 Å². The van der Waals surface area contributed by atoms with Gasteiger partial charge in [0.2, 0.25) is 10.0 Å². The summed E-state index contributed by atoms with van der Waals surface area (Å²) in [6.45, 7) is 0.773. The molecule has 2 aromatic rings.